The molecule has 0 spiro atoms. The number of nitrogens with zero attached hydrogens (tertiary/aromatic N) is 1. The maximum absolute atomic E-state index is 12.0. The van der Waals surface area contributed by atoms with Crippen LogP contribution in [0.5, 0.6) is 0 Å². The van der Waals surface area contributed by atoms with Crippen molar-refractivity contribution in [1.29, 1.82) is 0 Å². The van der Waals surface area contributed by atoms with Gasteiger partial charge in [0.05, 0.1) is 12.7 Å². The molecular formula is C11H20ClNO4S. The molecule has 0 radical (unpaired) electrons. The number of alkyl halides is 1. The molecule has 1 rings (SSSR count). The van der Waals surface area contributed by atoms with Crippen molar-refractivity contribution in [1.82, 2.24) is 4.90 Å². The lowest BCUT2D eigenvalue weighted by atomic mass is 10.1. The zero-order chi connectivity index (χ0) is 13.8. The fraction of sp³-hybridized carbons (Fsp3) is 0.909. The molecular weight excluding hydrogens is 278 g/mol. The highest BCUT2D eigenvalue weighted by Gasteiger charge is 2.31. The number of hydrogen-bond acceptors (Lipinski definition) is 4. The number of amides is 1. The molecule has 1 saturated heterocycles. The average Bonchev–Trinajstić information content (AvgIpc) is 2.34. The second kappa shape index (κ2) is 6.73. The number of piperidine rings is 1. The van der Waals surface area contributed by atoms with Crippen molar-refractivity contribution in [2.45, 2.75) is 31.1 Å². The van der Waals surface area contributed by atoms with Crippen LogP contribution in [0.25, 0.3) is 0 Å². The standard InChI is InChI=1S/C11H20ClNO4S/c1-9(18(2,15)16)11(14)13-6-3-10(4-7-13)17-8-5-12/h9-10H,3-8H2,1-2H3. The molecule has 7 heteroatoms. The SMILES string of the molecule is CC(C(=O)N1CCC(OCCCl)CC1)S(C)(=O)=O. The van der Waals surface area contributed by atoms with Gasteiger partial charge >= 0.3 is 0 Å². The summed E-state index contributed by atoms with van der Waals surface area (Å²) in [6.45, 7) is 3.05. The van der Waals surface area contributed by atoms with Crippen LogP contribution in [0.2, 0.25) is 0 Å². The van der Waals surface area contributed by atoms with Gasteiger partial charge in [0, 0.05) is 25.2 Å². The van der Waals surface area contributed by atoms with Crippen LogP contribution >= 0.6 is 11.6 Å². The number of halogens is 1. The van der Waals surface area contributed by atoms with Gasteiger partial charge in [-0.05, 0) is 19.8 Å². The summed E-state index contributed by atoms with van der Waals surface area (Å²) in [6.07, 6.45) is 2.69. The summed E-state index contributed by atoms with van der Waals surface area (Å²) in [5.41, 5.74) is 0. The van der Waals surface area contributed by atoms with Gasteiger partial charge in [0.1, 0.15) is 5.25 Å². The molecule has 1 heterocycles. The van der Waals surface area contributed by atoms with E-state index in [1.165, 1.54) is 6.92 Å². The molecule has 0 bridgehead atoms. The maximum atomic E-state index is 12.0. The first kappa shape index (κ1) is 15.7. The van der Waals surface area contributed by atoms with E-state index in [-0.39, 0.29) is 12.0 Å². The van der Waals surface area contributed by atoms with Crippen LogP contribution in [-0.2, 0) is 19.4 Å². The Bertz CT molecular complexity index is 377. The van der Waals surface area contributed by atoms with Crippen molar-refractivity contribution in [3.05, 3.63) is 0 Å². The van der Waals surface area contributed by atoms with Gasteiger partial charge in [0.2, 0.25) is 5.91 Å². The van der Waals surface area contributed by atoms with Gasteiger partial charge in [-0.25, -0.2) is 8.42 Å². The van der Waals surface area contributed by atoms with Crippen molar-refractivity contribution in [2.75, 3.05) is 31.8 Å². The van der Waals surface area contributed by atoms with Crippen LogP contribution in [0.4, 0.5) is 0 Å². The molecule has 1 amide bonds. The Morgan fingerprint density at radius 1 is 1.44 bits per heavy atom. The Kier molecular flexibility index (Phi) is 5.88. The zero-order valence-electron chi connectivity index (χ0n) is 10.8. The van der Waals surface area contributed by atoms with Gasteiger partial charge in [-0.15, -0.1) is 11.6 Å². The monoisotopic (exact) mass is 297 g/mol. The van der Waals surface area contributed by atoms with Crippen LogP contribution in [0.3, 0.4) is 0 Å². The zero-order valence-corrected chi connectivity index (χ0v) is 12.3. The lowest BCUT2D eigenvalue weighted by molar-refractivity contribution is -0.133. The summed E-state index contributed by atoms with van der Waals surface area (Å²) in [5, 5.41) is -0.960. The average molecular weight is 298 g/mol. The molecule has 1 atom stereocenters. The Morgan fingerprint density at radius 2 is 2.00 bits per heavy atom. The number of carbonyl (C=O) groups excluding carboxylic acids is 1. The number of ether oxygens (including phenoxy) is 1. The van der Waals surface area contributed by atoms with E-state index >= 15 is 0 Å². The highest BCUT2D eigenvalue weighted by atomic mass is 35.5. The van der Waals surface area contributed by atoms with Crippen molar-refractivity contribution in [3.63, 3.8) is 0 Å². The molecule has 5 nitrogen and oxygen atoms in total. The van der Waals surface area contributed by atoms with Crippen molar-refractivity contribution in [3.8, 4) is 0 Å². The third-order valence-electron chi connectivity index (χ3n) is 3.17. The molecule has 0 aromatic rings. The Balaban J connectivity index is 2.45. The second-order valence-electron chi connectivity index (χ2n) is 4.56. The smallest absolute Gasteiger partial charge is 0.240 e. The molecule has 1 aliphatic heterocycles. The molecule has 106 valence electrons. The van der Waals surface area contributed by atoms with E-state index in [2.05, 4.69) is 0 Å². The highest BCUT2D eigenvalue weighted by Crippen LogP contribution is 2.16. The van der Waals surface area contributed by atoms with Gasteiger partial charge < -0.3 is 9.64 Å². The summed E-state index contributed by atoms with van der Waals surface area (Å²) >= 11 is 5.54. The topological polar surface area (TPSA) is 63.7 Å². The molecule has 0 aromatic heterocycles. The van der Waals surface area contributed by atoms with E-state index in [4.69, 9.17) is 16.3 Å². The summed E-state index contributed by atoms with van der Waals surface area (Å²) in [4.78, 5) is 13.6. The third-order valence-corrected chi connectivity index (χ3v) is 4.81. The van der Waals surface area contributed by atoms with Crippen molar-refractivity contribution in [2.24, 2.45) is 0 Å². The molecule has 1 unspecified atom stereocenters. The lowest BCUT2D eigenvalue weighted by Gasteiger charge is -2.33. The van der Waals surface area contributed by atoms with Gasteiger partial charge in [0.25, 0.3) is 0 Å². The molecule has 0 N–H and O–H groups in total. The molecule has 0 saturated carbocycles. The van der Waals surface area contributed by atoms with Crippen LogP contribution in [-0.4, -0.2) is 62.4 Å². The Labute approximate surface area is 113 Å². The fourth-order valence-electron chi connectivity index (χ4n) is 1.89. The number of likely N-dealkylation sites (tertiary alicyclic amines) is 1. The van der Waals surface area contributed by atoms with Crippen molar-refractivity contribution >= 4 is 27.3 Å². The predicted octanol–water partition coefficient (Wildman–Crippen LogP) is 0.666. The molecule has 1 aliphatic rings. The van der Waals surface area contributed by atoms with Gasteiger partial charge in [-0.1, -0.05) is 0 Å². The summed E-state index contributed by atoms with van der Waals surface area (Å²) < 4.78 is 28.2. The minimum absolute atomic E-state index is 0.126. The first-order valence-electron chi connectivity index (χ1n) is 6.01. The van der Waals surface area contributed by atoms with E-state index < -0.39 is 15.1 Å². The van der Waals surface area contributed by atoms with Gasteiger partial charge in [-0.3, -0.25) is 4.79 Å². The summed E-state index contributed by atoms with van der Waals surface area (Å²) in [6, 6.07) is 0. The number of carbonyl (C=O) groups is 1. The Hall–Kier alpha value is -0.330. The quantitative estimate of drug-likeness (QED) is 0.700. The van der Waals surface area contributed by atoms with Crippen molar-refractivity contribution < 1.29 is 17.9 Å². The fourth-order valence-corrected chi connectivity index (χ4v) is 2.50. The van der Waals surface area contributed by atoms with Gasteiger partial charge in [0.15, 0.2) is 9.84 Å². The second-order valence-corrected chi connectivity index (χ2v) is 7.30. The lowest BCUT2D eigenvalue weighted by Crippen LogP contribution is -2.46. The maximum Gasteiger partial charge on any atom is 0.240 e. The summed E-state index contributed by atoms with van der Waals surface area (Å²) in [7, 11) is -3.32. The number of hydrogen-bond donors (Lipinski definition) is 0. The van der Waals surface area contributed by atoms with E-state index in [0.717, 1.165) is 19.1 Å². The van der Waals surface area contributed by atoms with E-state index in [1.54, 1.807) is 4.90 Å². The van der Waals surface area contributed by atoms with Gasteiger partial charge in [-0.2, -0.15) is 0 Å². The molecule has 0 aliphatic carbocycles. The van der Waals surface area contributed by atoms with Crippen LogP contribution in [0.15, 0.2) is 0 Å². The minimum Gasteiger partial charge on any atom is -0.377 e. The van der Waals surface area contributed by atoms with E-state index in [1.807, 2.05) is 0 Å². The van der Waals surface area contributed by atoms with Crippen LogP contribution < -0.4 is 0 Å². The number of sulfone groups is 1. The minimum atomic E-state index is -3.32. The van der Waals surface area contributed by atoms with E-state index in [0.29, 0.717) is 25.6 Å². The predicted molar refractivity (Wildman–Crippen MR) is 70.6 cm³/mol. The summed E-state index contributed by atoms with van der Waals surface area (Å²) in [5.74, 6) is 0.151. The van der Waals surface area contributed by atoms with Crippen LogP contribution in [0, 0.1) is 0 Å². The van der Waals surface area contributed by atoms with E-state index in [9.17, 15) is 13.2 Å². The van der Waals surface area contributed by atoms with Crippen LogP contribution in [0.1, 0.15) is 19.8 Å². The largest absolute Gasteiger partial charge is 0.377 e. The molecule has 18 heavy (non-hydrogen) atoms. The third kappa shape index (κ3) is 4.40. The first-order chi connectivity index (χ1) is 8.36. The highest BCUT2D eigenvalue weighted by molar-refractivity contribution is 7.92. The molecule has 1 fully saturated rings. The normalized spacial score (nSPS) is 19.8. The first-order valence-corrected chi connectivity index (χ1v) is 8.50. The Morgan fingerprint density at radius 3 is 2.44 bits per heavy atom. The number of rotatable bonds is 5. The molecule has 0 aromatic carbocycles.